The number of rotatable bonds is 3. The lowest BCUT2D eigenvalue weighted by Crippen LogP contribution is -2.09. The lowest BCUT2D eigenvalue weighted by Gasteiger charge is -2.02. The number of nitro benzene ring substituents is 1. The van der Waals surface area contributed by atoms with Crippen LogP contribution >= 0.6 is 0 Å². The second kappa shape index (κ2) is 3.71. The third-order valence-corrected chi connectivity index (χ3v) is 4.87. The van der Waals surface area contributed by atoms with Crippen LogP contribution in [0.3, 0.4) is 0 Å². The summed E-state index contributed by atoms with van der Waals surface area (Å²) in [6.45, 7) is 8.77. The maximum Gasteiger partial charge on any atom is 0.295 e. The summed E-state index contributed by atoms with van der Waals surface area (Å²) >= 11 is 0. The predicted octanol–water partition coefficient (Wildman–Crippen LogP) is 3.58. The smallest absolute Gasteiger partial charge is 0.295 e. The quantitative estimate of drug-likeness (QED) is 0.684. The molecule has 1 aromatic heterocycles. The van der Waals surface area contributed by atoms with Gasteiger partial charge in [-0.1, -0.05) is 27.7 Å². The third kappa shape index (κ3) is 1.67. The van der Waals surface area contributed by atoms with Crippen molar-refractivity contribution >= 4 is 22.8 Å². The van der Waals surface area contributed by atoms with Gasteiger partial charge in [0.05, 0.1) is 4.92 Å². The van der Waals surface area contributed by atoms with Gasteiger partial charge >= 0.3 is 0 Å². The van der Waals surface area contributed by atoms with Crippen LogP contribution in [0.4, 0.5) is 11.7 Å². The van der Waals surface area contributed by atoms with E-state index in [0.29, 0.717) is 17.1 Å². The fourth-order valence-corrected chi connectivity index (χ4v) is 2.77. The second-order valence-electron chi connectivity index (χ2n) is 6.45. The van der Waals surface area contributed by atoms with Crippen molar-refractivity contribution in [2.45, 2.75) is 33.7 Å². The zero-order valence-corrected chi connectivity index (χ0v) is 11.9. The zero-order chi connectivity index (χ0) is 14.7. The summed E-state index contributed by atoms with van der Waals surface area (Å²) in [6, 6.07) is 5.12. The van der Waals surface area contributed by atoms with E-state index in [0.717, 1.165) is 0 Å². The molecular formula is C14H17N3O3. The lowest BCUT2D eigenvalue weighted by molar-refractivity contribution is -0.384. The standard InChI is InChI=1S/C14H17N3O3/c1-13(2)11(14(13,3)4)16-12-15-9-7-8(17(18)19)5-6-10(9)20-12/h5-7,11H,1-4H3,(H,15,16). The fourth-order valence-electron chi connectivity index (χ4n) is 2.77. The van der Waals surface area contributed by atoms with Crippen molar-refractivity contribution in [3.8, 4) is 0 Å². The molecule has 1 N–H and O–H groups in total. The number of nitro groups is 1. The summed E-state index contributed by atoms with van der Waals surface area (Å²) < 4.78 is 5.60. The number of benzene rings is 1. The Balaban J connectivity index is 1.89. The summed E-state index contributed by atoms with van der Waals surface area (Å²) in [5.41, 5.74) is 1.40. The predicted molar refractivity (Wildman–Crippen MR) is 75.6 cm³/mol. The number of anilines is 1. The summed E-state index contributed by atoms with van der Waals surface area (Å²) in [4.78, 5) is 14.6. The van der Waals surface area contributed by atoms with Crippen LogP contribution in [-0.4, -0.2) is 15.9 Å². The van der Waals surface area contributed by atoms with E-state index >= 15 is 0 Å². The van der Waals surface area contributed by atoms with Gasteiger partial charge in [0, 0.05) is 18.2 Å². The number of fused-ring (bicyclic) bond motifs is 1. The minimum Gasteiger partial charge on any atom is -0.424 e. The van der Waals surface area contributed by atoms with Gasteiger partial charge in [0.2, 0.25) is 0 Å². The van der Waals surface area contributed by atoms with Crippen LogP contribution in [-0.2, 0) is 0 Å². The molecule has 0 spiro atoms. The van der Waals surface area contributed by atoms with Gasteiger partial charge in [-0.3, -0.25) is 10.1 Å². The molecule has 1 aliphatic carbocycles. The van der Waals surface area contributed by atoms with Crippen LogP contribution in [0.1, 0.15) is 27.7 Å². The molecule has 0 radical (unpaired) electrons. The van der Waals surface area contributed by atoms with Gasteiger partial charge < -0.3 is 9.73 Å². The molecule has 1 heterocycles. The average molecular weight is 275 g/mol. The van der Waals surface area contributed by atoms with Gasteiger partial charge in [-0.25, -0.2) is 0 Å². The Kier molecular flexibility index (Phi) is 2.39. The number of hydrogen-bond donors (Lipinski definition) is 1. The molecule has 0 aliphatic heterocycles. The maximum atomic E-state index is 10.7. The largest absolute Gasteiger partial charge is 0.424 e. The molecule has 0 bridgehead atoms. The number of hydrogen-bond acceptors (Lipinski definition) is 5. The first-order chi connectivity index (χ1) is 9.23. The fraction of sp³-hybridized carbons (Fsp3) is 0.500. The van der Waals surface area contributed by atoms with Gasteiger partial charge in [0.1, 0.15) is 5.52 Å². The molecule has 0 atom stereocenters. The molecule has 1 fully saturated rings. The molecule has 1 saturated carbocycles. The number of oxazole rings is 1. The first kappa shape index (κ1) is 12.9. The average Bonchev–Trinajstić information content (AvgIpc) is 2.68. The number of non-ortho nitro benzene ring substituents is 1. The second-order valence-corrected chi connectivity index (χ2v) is 6.45. The van der Waals surface area contributed by atoms with Gasteiger partial charge in [-0.15, -0.1) is 0 Å². The monoisotopic (exact) mass is 275 g/mol. The summed E-state index contributed by atoms with van der Waals surface area (Å²) in [5.74, 6) is 0. The van der Waals surface area contributed by atoms with Crippen molar-refractivity contribution in [3.05, 3.63) is 28.3 Å². The van der Waals surface area contributed by atoms with E-state index in [-0.39, 0.29) is 22.6 Å². The van der Waals surface area contributed by atoms with Crippen molar-refractivity contribution in [2.24, 2.45) is 10.8 Å². The molecule has 1 aromatic carbocycles. The molecule has 20 heavy (non-hydrogen) atoms. The van der Waals surface area contributed by atoms with Crippen molar-refractivity contribution in [2.75, 3.05) is 5.32 Å². The molecule has 3 rings (SSSR count). The Morgan fingerprint density at radius 1 is 1.30 bits per heavy atom. The summed E-state index contributed by atoms with van der Waals surface area (Å²) in [5, 5.41) is 14.0. The number of nitrogens with zero attached hydrogens (tertiary/aromatic N) is 2. The van der Waals surface area contributed by atoms with Gasteiger partial charge in [-0.05, 0) is 16.9 Å². The van der Waals surface area contributed by atoms with Crippen LogP contribution in [0.2, 0.25) is 0 Å². The molecule has 2 aromatic rings. The van der Waals surface area contributed by atoms with E-state index in [1.54, 1.807) is 6.07 Å². The summed E-state index contributed by atoms with van der Waals surface area (Å²) in [7, 11) is 0. The number of nitrogens with one attached hydrogen (secondary N) is 1. The zero-order valence-electron chi connectivity index (χ0n) is 11.9. The van der Waals surface area contributed by atoms with Crippen molar-refractivity contribution in [3.63, 3.8) is 0 Å². The van der Waals surface area contributed by atoms with Gasteiger partial charge in [-0.2, -0.15) is 4.98 Å². The first-order valence-corrected chi connectivity index (χ1v) is 6.55. The van der Waals surface area contributed by atoms with E-state index in [9.17, 15) is 10.1 Å². The highest BCUT2D eigenvalue weighted by Crippen LogP contribution is 2.63. The SMILES string of the molecule is CC1(C)C(Nc2nc3cc([N+](=O)[O-])ccc3o2)C1(C)C. The molecule has 0 saturated heterocycles. The van der Waals surface area contributed by atoms with Gasteiger partial charge in [0.25, 0.3) is 11.7 Å². The molecule has 106 valence electrons. The Morgan fingerprint density at radius 3 is 2.50 bits per heavy atom. The minimum atomic E-state index is -0.436. The molecule has 6 nitrogen and oxygen atoms in total. The summed E-state index contributed by atoms with van der Waals surface area (Å²) in [6.07, 6.45) is 0. The Morgan fingerprint density at radius 2 is 1.95 bits per heavy atom. The van der Waals surface area contributed by atoms with Crippen LogP contribution in [0.5, 0.6) is 0 Å². The van der Waals surface area contributed by atoms with Crippen molar-refractivity contribution in [1.29, 1.82) is 0 Å². The first-order valence-electron chi connectivity index (χ1n) is 6.55. The Labute approximate surface area is 116 Å². The molecular weight excluding hydrogens is 258 g/mol. The van der Waals surface area contributed by atoms with Gasteiger partial charge in [0.15, 0.2) is 5.58 Å². The molecule has 0 unspecified atom stereocenters. The van der Waals surface area contributed by atoms with E-state index in [1.807, 2.05) is 0 Å². The number of aromatic nitrogens is 1. The minimum absolute atomic E-state index is 0.0180. The topological polar surface area (TPSA) is 81.2 Å². The highest BCUT2D eigenvalue weighted by atomic mass is 16.6. The van der Waals surface area contributed by atoms with Crippen LogP contribution in [0, 0.1) is 20.9 Å². The Hall–Kier alpha value is -2.11. The highest BCUT2D eigenvalue weighted by molar-refractivity contribution is 5.77. The maximum absolute atomic E-state index is 10.7. The van der Waals surface area contributed by atoms with Crippen LogP contribution in [0.25, 0.3) is 11.1 Å². The molecule has 0 amide bonds. The third-order valence-electron chi connectivity index (χ3n) is 4.87. The molecule has 6 heteroatoms. The van der Waals surface area contributed by atoms with E-state index in [4.69, 9.17) is 4.42 Å². The van der Waals surface area contributed by atoms with E-state index in [1.165, 1.54) is 12.1 Å². The normalized spacial score (nSPS) is 20.0. The van der Waals surface area contributed by atoms with Crippen molar-refractivity contribution in [1.82, 2.24) is 4.98 Å². The van der Waals surface area contributed by atoms with Crippen LogP contribution < -0.4 is 5.32 Å². The lowest BCUT2D eigenvalue weighted by atomic mass is 10.0. The van der Waals surface area contributed by atoms with E-state index < -0.39 is 4.92 Å². The molecule has 1 aliphatic rings. The Bertz CT molecular complexity index is 689. The van der Waals surface area contributed by atoms with Crippen molar-refractivity contribution < 1.29 is 9.34 Å². The highest BCUT2D eigenvalue weighted by Gasteiger charge is 2.65. The van der Waals surface area contributed by atoms with Crippen LogP contribution in [0.15, 0.2) is 22.6 Å². The van der Waals surface area contributed by atoms with E-state index in [2.05, 4.69) is 38.0 Å².